The second-order valence-electron chi connectivity index (χ2n) is 7.48. The van der Waals surface area contributed by atoms with Gasteiger partial charge < -0.3 is 10.1 Å². The number of aryl methyl sites for hydroxylation is 1. The summed E-state index contributed by atoms with van der Waals surface area (Å²) in [6, 6.07) is 6.46. The number of rotatable bonds is 5. The summed E-state index contributed by atoms with van der Waals surface area (Å²) in [5.41, 5.74) is 2.66. The Balaban J connectivity index is 1.99. The average Bonchev–Trinajstić information content (AvgIpc) is 2.44. The molecule has 2 rings (SSSR count). The summed E-state index contributed by atoms with van der Waals surface area (Å²) in [6.07, 6.45) is 6.82. The van der Waals surface area contributed by atoms with Gasteiger partial charge in [-0.2, -0.15) is 0 Å². The van der Waals surface area contributed by atoms with E-state index >= 15 is 0 Å². The zero-order valence-corrected chi connectivity index (χ0v) is 14.2. The van der Waals surface area contributed by atoms with E-state index in [1.807, 2.05) is 0 Å². The summed E-state index contributed by atoms with van der Waals surface area (Å²) in [6.45, 7) is 10.5. The molecule has 1 aliphatic rings. The molecule has 1 aromatic carbocycles. The Kier molecular flexibility index (Phi) is 5.69. The SMILES string of the molecule is Cc1cccc(CNC(C)(C)C)c1OCC1CCCCC1. The molecule has 0 bridgehead atoms. The Hall–Kier alpha value is -1.02. The van der Waals surface area contributed by atoms with Gasteiger partial charge in [0.1, 0.15) is 5.75 Å². The maximum Gasteiger partial charge on any atom is 0.126 e. The summed E-state index contributed by atoms with van der Waals surface area (Å²) in [4.78, 5) is 0. The van der Waals surface area contributed by atoms with Crippen LogP contribution in [0.4, 0.5) is 0 Å². The zero-order chi connectivity index (χ0) is 15.3. The van der Waals surface area contributed by atoms with Gasteiger partial charge in [-0.15, -0.1) is 0 Å². The number of ether oxygens (including phenoxy) is 1. The Bertz CT molecular complexity index is 441. The van der Waals surface area contributed by atoms with Gasteiger partial charge in [0.25, 0.3) is 0 Å². The first kappa shape index (κ1) is 16.4. The molecule has 0 saturated heterocycles. The topological polar surface area (TPSA) is 21.3 Å². The summed E-state index contributed by atoms with van der Waals surface area (Å²) >= 11 is 0. The minimum Gasteiger partial charge on any atom is -0.493 e. The number of benzene rings is 1. The molecule has 1 aromatic rings. The van der Waals surface area contributed by atoms with Gasteiger partial charge in [-0.1, -0.05) is 37.5 Å². The van der Waals surface area contributed by atoms with Gasteiger partial charge in [-0.05, 0) is 52.0 Å². The van der Waals surface area contributed by atoms with Crippen molar-refractivity contribution in [3.05, 3.63) is 29.3 Å². The first-order valence-electron chi connectivity index (χ1n) is 8.42. The van der Waals surface area contributed by atoms with Crippen LogP contribution in [0.2, 0.25) is 0 Å². The largest absolute Gasteiger partial charge is 0.493 e. The van der Waals surface area contributed by atoms with Crippen LogP contribution in [0.3, 0.4) is 0 Å². The Morgan fingerprint density at radius 3 is 2.52 bits per heavy atom. The Morgan fingerprint density at radius 1 is 1.14 bits per heavy atom. The highest BCUT2D eigenvalue weighted by atomic mass is 16.5. The maximum absolute atomic E-state index is 6.23. The van der Waals surface area contributed by atoms with Crippen LogP contribution in [-0.4, -0.2) is 12.1 Å². The molecular weight excluding hydrogens is 258 g/mol. The molecule has 2 heteroatoms. The lowest BCUT2D eigenvalue weighted by Crippen LogP contribution is -2.35. The van der Waals surface area contributed by atoms with Crippen molar-refractivity contribution in [2.45, 2.75) is 71.9 Å². The van der Waals surface area contributed by atoms with Gasteiger partial charge in [0, 0.05) is 17.6 Å². The van der Waals surface area contributed by atoms with Crippen molar-refractivity contribution in [3.8, 4) is 5.75 Å². The molecule has 1 fully saturated rings. The van der Waals surface area contributed by atoms with Crippen molar-refractivity contribution in [1.82, 2.24) is 5.32 Å². The molecule has 0 aliphatic heterocycles. The van der Waals surface area contributed by atoms with Crippen molar-refractivity contribution < 1.29 is 4.74 Å². The first-order valence-corrected chi connectivity index (χ1v) is 8.42. The van der Waals surface area contributed by atoms with Gasteiger partial charge in [0.15, 0.2) is 0 Å². The standard InChI is InChI=1S/C19H31NO/c1-15-9-8-12-17(13-20-19(2,3)4)18(15)21-14-16-10-6-5-7-11-16/h8-9,12,16,20H,5-7,10-11,13-14H2,1-4H3. The molecule has 0 heterocycles. The van der Waals surface area contributed by atoms with Crippen molar-refractivity contribution in [1.29, 1.82) is 0 Å². The number of hydrogen-bond acceptors (Lipinski definition) is 2. The lowest BCUT2D eigenvalue weighted by atomic mass is 9.90. The molecule has 0 aromatic heterocycles. The second-order valence-corrected chi connectivity index (χ2v) is 7.48. The molecular formula is C19H31NO. The van der Waals surface area contributed by atoms with Crippen molar-refractivity contribution >= 4 is 0 Å². The fourth-order valence-electron chi connectivity index (χ4n) is 2.97. The molecule has 0 unspecified atom stereocenters. The summed E-state index contributed by atoms with van der Waals surface area (Å²) in [5, 5.41) is 3.56. The van der Waals surface area contributed by atoms with Crippen LogP contribution >= 0.6 is 0 Å². The van der Waals surface area contributed by atoms with Crippen LogP contribution in [0, 0.1) is 12.8 Å². The van der Waals surface area contributed by atoms with Crippen molar-refractivity contribution in [2.24, 2.45) is 5.92 Å². The summed E-state index contributed by atoms with van der Waals surface area (Å²) in [5.74, 6) is 1.85. The minimum absolute atomic E-state index is 0.129. The predicted molar refractivity (Wildman–Crippen MR) is 89.8 cm³/mol. The van der Waals surface area contributed by atoms with Crippen LogP contribution in [0.1, 0.15) is 64.0 Å². The molecule has 1 aliphatic carbocycles. The highest BCUT2D eigenvalue weighted by Gasteiger charge is 2.16. The van der Waals surface area contributed by atoms with E-state index in [1.165, 1.54) is 43.2 Å². The van der Waals surface area contributed by atoms with E-state index in [0.29, 0.717) is 0 Å². The molecule has 1 N–H and O–H groups in total. The third kappa shape index (κ3) is 5.35. The quantitative estimate of drug-likeness (QED) is 0.837. The molecule has 2 nitrogen and oxygen atoms in total. The number of hydrogen-bond donors (Lipinski definition) is 1. The zero-order valence-electron chi connectivity index (χ0n) is 14.2. The van der Waals surface area contributed by atoms with Crippen LogP contribution in [-0.2, 0) is 6.54 Å². The van der Waals surface area contributed by atoms with Gasteiger partial charge in [-0.3, -0.25) is 0 Å². The van der Waals surface area contributed by atoms with Crippen LogP contribution in [0.15, 0.2) is 18.2 Å². The summed E-state index contributed by atoms with van der Waals surface area (Å²) in [7, 11) is 0. The van der Waals surface area contributed by atoms with Crippen LogP contribution in [0.25, 0.3) is 0 Å². The third-order valence-corrected chi connectivity index (χ3v) is 4.29. The molecule has 21 heavy (non-hydrogen) atoms. The van der Waals surface area contributed by atoms with Crippen LogP contribution < -0.4 is 10.1 Å². The number of para-hydroxylation sites is 1. The lowest BCUT2D eigenvalue weighted by Gasteiger charge is -2.25. The monoisotopic (exact) mass is 289 g/mol. The van der Waals surface area contributed by atoms with E-state index in [2.05, 4.69) is 51.2 Å². The molecule has 0 amide bonds. The Labute approximate surface area is 130 Å². The van der Waals surface area contributed by atoms with Gasteiger partial charge in [-0.25, -0.2) is 0 Å². The minimum atomic E-state index is 0.129. The molecule has 0 atom stereocenters. The average molecular weight is 289 g/mol. The van der Waals surface area contributed by atoms with Crippen molar-refractivity contribution in [2.75, 3.05) is 6.61 Å². The fraction of sp³-hybridized carbons (Fsp3) is 0.684. The van der Waals surface area contributed by atoms with Crippen LogP contribution in [0.5, 0.6) is 5.75 Å². The highest BCUT2D eigenvalue weighted by molar-refractivity contribution is 5.40. The van der Waals surface area contributed by atoms with E-state index < -0.39 is 0 Å². The smallest absolute Gasteiger partial charge is 0.126 e. The van der Waals surface area contributed by atoms with E-state index in [0.717, 1.165) is 24.8 Å². The third-order valence-electron chi connectivity index (χ3n) is 4.29. The molecule has 118 valence electrons. The maximum atomic E-state index is 6.23. The fourth-order valence-corrected chi connectivity index (χ4v) is 2.97. The van der Waals surface area contributed by atoms with Gasteiger partial charge in [0.05, 0.1) is 6.61 Å². The van der Waals surface area contributed by atoms with Gasteiger partial charge in [0.2, 0.25) is 0 Å². The first-order chi connectivity index (χ1) is 9.96. The predicted octanol–water partition coefficient (Wildman–Crippen LogP) is 4.84. The second kappa shape index (κ2) is 7.31. The van der Waals surface area contributed by atoms with E-state index in [4.69, 9.17) is 4.74 Å². The molecule has 0 radical (unpaired) electrons. The molecule has 1 saturated carbocycles. The number of nitrogens with one attached hydrogen (secondary N) is 1. The molecule has 0 spiro atoms. The van der Waals surface area contributed by atoms with E-state index in [-0.39, 0.29) is 5.54 Å². The Morgan fingerprint density at radius 2 is 1.86 bits per heavy atom. The van der Waals surface area contributed by atoms with E-state index in [9.17, 15) is 0 Å². The normalized spacial score (nSPS) is 17.0. The highest BCUT2D eigenvalue weighted by Crippen LogP contribution is 2.28. The lowest BCUT2D eigenvalue weighted by molar-refractivity contribution is 0.206. The van der Waals surface area contributed by atoms with Crippen molar-refractivity contribution in [3.63, 3.8) is 0 Å². The summed E-state index contributed by atoms with van der Waals surface area (Å²) < 4.78 is 6.23. The van der Waals surface area contributed by atoms with Gasteiger partial charge >= 0.3 is 0 Å². The van der Waals surface area contributed by atoms with E-state index in [1.54, 1.807) is 0 Å².